The number of halogens is 1. The first kappa shape index (κ1) is 24.0. The Morgan fingerprint density at radius 2 is 1.76 bits per heavy atom. The second kappa shape index (κ2) is 10.4. The molecule has 0 unspecified atom stereocenters. The molecule has 4 aromatic rings. The molecule has 34 heavy (non-hydrogen) atoms. The number of rotatable bonds is 8. The van der Waals surface area contributed by atoms with E-state index in [0.717, 1.165) is 17.0 Å². The van der Waals surface area contributed by atoms with Crippen molar-refractivity contribution in [3.8, 4) is 22.8 Å². The SMILES string of the molecule is Cc1ccccc1-c1nnc(SCC(=O)N(Cc2nnc(-c3ccccc3Cl)o2)C(C)C)n1C. The summed E-state index contributed by atoms with van der Waals surface area (Å²) in [7, 11) is 1.91. The van der Waals surface area contributed by atoms with Crippen LogP contribution in [0.1, 0.15) is 25.3 Å². The van der Waals surface area contributed by atoms with Crippen molar-refractivity contribution < 1.29 is 9.21 Å². The van der Waals surface area contributed by atoms with Gasteiger partial charge in [0.2, 0.25) is 17.7 Å². The molecule has 0 radical (unpaired) electrons. The average Bonchev–Trinajstić information content (AvgIpc) is 3.43. The molecule has 0 aliphatic carbocycles. The minimum absolute atomic E-state index is 0.0502. The zero-order valence-corrected chi connectivity index (χ0v) is 21.0. The molecule has 0 saturated heterocycles. The molecule has 0 saturated carbocycles. The lowest BCUT2D eigenvalue weighted by Crippen LogP contribution is -2.37. The minimum Gasteiger partial charge on any atom is -0.419 e. The number of hydrogen-bond acceptors (Lipinski definition) is 7. The summed E-state index contributed by atoms with van der Waals surface area (Å²) >= 11 is 7.58. The average molecular weight is 497 g/mol. The summed E-state index contributed by atoms with van der Waals surface area (Å²) in [5.41, 5.74) is 2.80. The molecule has 0 bridgehead atoms. The highest BCUT2D eigenvalue weighted by atomic mass is 35.5. The molecule has 10 heteroatoms. The highest BCUT2D eigenvalue weighted by molar-refractivity contribution is 7.99. The van der Waals surface area contributed by atoms with Crippen molar-refractivity contribution in [2.75, 3.05) is 5.75 Å². The van der Waals surface area contributed by atoms with Gasteiger partial charge in [-0.2, -0.15) is 0 Å². The van der Waals surface area contributed by atoms with E-state index in [0.29, 0.717) is 27.5 Å². The Hall–Kier alpha value is -3.17. The molecule has 2 heterocycles. The number of thioether (sulfide) groups is 1. The zero-order valence-electron chi connectivity index (χ0n) is 19.4. The van der Waals surface area contributed by atoms with Gasteiger partial charge in [0, 0.05) is 18.7 Å². The number of amides is 1. The normalized spacial score (nSPS) is 11.2. The van der Waals surface area contributed by atoms with Crippen molar-refractivity contribution in [2.24, 2.45) is 7.05 Å². The van der Waals surface area contributed by atoms with Crippen molar-refractivity contribution in [2.45, 2.75) is 38.5 Å². The number of carbonyl (C=O) groups is 1. The predicted molar refractivity (Wildman–Crippen MR) is 132 cm³/mol. The van der Waals surface area contributed by atoms with Crippen LogP contribution in [0.3, 0.4) is 0 Å². The van der Waals surface area contributed by atoms with E-state index in [-0.39, 0.29) is 24.2 Å². The van der Waals surface area contributed by atoms with Crippen molar-refractivity contribution >= 4 is 29.3 Å². The van der Waals surface area contributed by atoms with Crippen molar-refractivity contribution in [3.63, 3.8) is 0 Å². The first-order valence-corrected chi connectivity index (χ1v) is 12.2. The van der Waals surface area contributed by atoms with Crippen LogP contribution in [0.25, 0.3) is 22.8 Å². The number of carbonyl (C=O) groups excluding carboxylic acids is 1. The summed E-state index contributed by atoms with van der Waals surface area (Å²) in [6, 6.07) is 15.2. The quantitative estimate of drug-likeness (QED) is 0.316. The number of nitrogens with zero attached hydrogens (tertiary/aromatic N) is 6. The third kappa shape index (κ3) is 5.15. The molecular formula is C24H25ClN6O2S. The third-order valence-corrected chi connectivity index (χ3v) is 6.70. The fraction of sp³-hybridized carbons (Fsp3) is 0.292. The van der Waals surface area contributed by atoms with Crippen LogP contribution in [0.15, 0.2) is 58.1 Å². The topological polar surface area (TPSA) is 89.9 Å². The lowest BCUT2D eigenvalue weighted by Gasteiger charge is -2.25. The van der Waals surface area contributed by atoms with Gasteiger partial charge in [-0.25, -0.2) is 0 Å². The van der Waals surface area contributed by atoms with Crippen molar-refractivity contribution in [1.82, 2.24) is 29.9 Å². The Kier molecular flexibility index (Phi) is 7.33. The van der Waals surface area contributed by atoms with Crippen LogP contribution in [0, 0.1) is 6.92 Å². The van der Waals surface area contributed by atoms with Crippen LogP contribution in [0.4, 0.5) is 0 Å². The van der Waals surface area contributed by atoms with Gasteiger partial charge in [-0.1, -0.05) is 59.8 Å². The minimum atomic E-state index is -0.0575. The molecule has 0 N–H and O–H groups in total. The summed E-state index contributed by atoms with van der Waals surface area (Å²) in [6.07, 6.45) is 0. The standard InChI is InChI=1S/C24H25ClN6O2S/c1-15(2)31(13-20-26-28-23(33-20)18-11-7-8-12-19(18)25)21(32)14-34-24-29-27-22(30(24)4)17-10-6-5-9-16(17)3/h5-12,15H,13-14H2,1-4H3. The maximum atomic E-state index is 13.1. The Bertz CT molecular complexity index is 1300. The smallest absolute Gasteiger partial charge is 0.249 e. The Balaban J connectivity index is 1.44. The molecule has 0 aliphatic heterocycles. The third-order valence-electron chi connectivity index (χ3n) is 5.37. The molecule has 4 rings (SSSR count). The van der Waals surface area contributed by atoms with Crippen LogP contribution in [0.2, 0.25) is 5.02 Å². The first-order valence-electron chi connectivity index (χ1n) is 10.8. The van der Waals surface area contributed by atoms with Gasteiger partial charge in [0.1, 0.15) is 0 Å². The molecule has 2 aromatic carbocycles. The zero-order chi connectivity index (χ0) is 24.2. The van der Waals surface area contributed by atoms with Crippen LogP contribution in [0.5, 0.6) is 0 Å². The second-order valence-corrected chi connectivity index (χ2v) is 9.41. The number of hydrogen-bond donors (Lipinski definition) is 0. The van der Waals surface area contributed by atoms with Gasteiger partial charge >= 0.3 is 0 Å². The molecule has 2 aromatic heterocycles. The molecule has 0 atom stereocenters. The molecule has 0 spiro atoms. The van der Waals surface area contributed by atoms with E-state index < -0.39 is 0 Å². The fourth-order valence-corrected chi connectivity index (χ4v) is 4.49. The maximum Gasteiger partial charge on any atom is 0.249 e. The molecule has 8 nitrogen and oxygen atoms in total. The number of benzene rings is 2. The Morgan fingerprint density at radius 1 is 1.06 bits per heavy atom. The summed E-state index contributed by atoms with van der Waals surface area (Å²) in [4.78, 5) is 14.8. The summed E-state index contributed by atoms with van der Waals surface area (Å²) < 4.78 is 7.70. The Morgan fingerprint density at radius 3 is 2.47 bits per heavy atom. The van der Waals surface area contributed by atoms with E-state index in [2.05, 4.69) is 20.4 Å². The van der Waals surface area contributed by atoms with E-state index >= 15 is 0 Å². The highest BCUT2D eigenvalue weighted by Crippen LogP contribution is 2.27. The maximum absolute atomic E-state index is 13.1. The summed E-state index contributed by atoms with van der Waals surface area (Å²) in [5, 5.41) is 18.0. The first-order chi connectivity index (χ1) is 16.3. The molecule has 176 valence electrons. The van der Waals surface area contributed by atoms with Crippen LogP contribution in [-0.4, -0.2) is 47.6 Å². The Labute approximate surface area is 207 Å². The van der Waals surface area contributed by atoms with Gasteiger partial charge in [-0.05, 0) is 38.5 Å². The van der Waals surface area contributed by atoms with Gasteiger partial charge in [0.25, 0.3) is 0 Å². The van der Waals surface area contributed by atoms with Crippen LogP contribution < -0.4 is 0 Å². The second-order valence-electron chi connectivity index (χ2n) is 8.06. The van der Waals surface area contributed by atoms with Gasteiger partial charge in [0.05, 0.1) is 22.9 Å². The lowest BCUT2D eigenvalue weighted by molar-refractivity contribution is -0.131. The molecule has 1 amide bonds. The molecular weight excluding hydrogens is 472 g/mol. The number of aryl methyl sites for hydroxylation is 1. The lowest BCUT2D eigenvalue weighted by atomic mass is 10.1. The van der Waals surface area contributed by atoms with E-state index in [1.807, 2.05) is 74.9 Å². The van der Waals surface area contributed by atoms with Crippen molar-refractivity contribution in [3.05, 3.63) is 65.0 Å². The van der Waals surface area contributed by atoms with Gasteiger partial charge in [-0.15, -0.1) is 20.4 Å². The van der Waals surface area contributed by atoms with E-state index in [4.69, 9.17) is 16.0 Å². The van der Waals surface area contributed by atoms with Gasteiger partial charge < -0.3 is 13.9 Å². The molecule has 0 fully saturated rings. The highest BCUT2D eigenvalue weighted by Gasteiger charge is 2.22. The monoisotopic (exact) mass is 496 g/mol. The van der Waals surface area contributed by atoms with Crippen LogP contribution in [-0.2, 0) is 18.4 Å². The largest absolute Gasteiger partial charge is 0.419 e. The summed E-state index contributed by atoms with van der Waals surface area (Å²) in [6.45, 7) is 6.15. The summed E-state index contributed by atoms with van der Waals surface area (Å²) in [5.74, 6) is 1.60. The van der Waals surface area contributed by atoms with E-state index in [1.165, 1.54) is 11.8 Å². The van der Waals surface area contributed by atoms with Crippen LogP contribution >= 0.6 is 23.4 Å². The molecule has 0 aliphatic rings. The van der Waals surface area contributed by atoms with E-state index in [9.17, 15) is 4.79 Å². The fourth-order valence-electron chi connectivity index (χ4n) is 3.47. The number of aromatic nitrogens is 5. The van der Waals surface area contributed by atoms with Gasteiger partial charge in [0.15, 0.2) is 11.0 Å². The predicted octanol–water partition coefficient (Wildman–Crippen LogP) is 5.02. The van der Waals surface area contributed by atoms with Gasteiger partial charge in [-0.3, -0.25) is 4.79 Å². The van der Waals surface area contributed by atoms with Crippen molar-refractivity contribution in [1.29, 1.82) is 0 Å². The van der Waals surface area contributed by atoms with E-state index in [1.54, 1.807) is 11.0 Å².